The summed E-state index contributed by atoms with van der Waals surface area (Å²) in [6.07, 6.45) is 8.66. The first-order valence-corrected chi connectivity index (χ1v) is 20.2. The molecule has 0 unspecified atom stereocenters. The molecule has 262 valence electrons. The van der Waals surface area contributed by atoms with Gasteiger partial charge in [-0.3, -0.25) is 0 Å². The topological polar surface area (TPSA) is 3.24 Å². The number of hydrogen-bond acceptors (Lipinski definition) is 1. The van der Waals surface area contributed by atoms with E-state index < -0.39 is 0 Å². The Hall–Kier alpha value is -4.88. The molecular formula is C52H49N. The summed E-state index contributed by atoms with van der Waals surface area (Å²) in [6.45, 7) is 9.61. The highest BCUT2D eigenvalue weighted by atomic mass is 15.1. The molecule has 1 heteroatoms. The predicted octanol–water partition coefficient (Wildman–Crippen LogP) is 13.9. The summed E-state index contributed by atoms with van der Waals surface area (Å²) in [5, 5.41) is 0. The van der Waals surface area contributed by atoms with Gasteiger partial charge in [-0.2, -0.15) is 0 Å². The minimum Gasteiger partial charge on any atom is -0.310 e. The summed E-state index contributed by atoms with van der Waals surface area (Å²) >= 11 is 0. The van der Waals surface area contributed by atoms with E-state index in [1.54, 1.807) is 5.56 Å². The van der Waals surface area contributed by atoms with E-state index in [0.29, 0.717) is 5.41 Å². The van der Waals surface area contributed by atoms with E-state index >= 15 is 0 Å². The van der Waals surface area contributed by atoms with Crippen LogP contribution in [-0.2, 0) is 16.2 Å². The van der Waals surface area contributed by atoms with Crippen LogP contribution in [0.4, 0.5) is 17.1 Å². The van der Waals surface area contributed by atoms with Crippen molar-refractivity contribution in [3.63, 3.8) is 0 Å². The minimum absolute atomic E-state index is 0.0889. The summed E-state index contributed by atoms with van der Waals surface area (Å²) < 4.78 is 0. The Bertz CT molecular complexity index is 2410. The van der Waals surface area contributed by atoms with Gasteiger partial charge in [-0.05, 0) is 142 Å². The van der Waals surface area contributed by atoms with Crippen LogP contribution in [0.25, 0.3) is 33.4 Å². The van der Waals surface area contributed by atoms with Crippen LogP contribution in [0.1, 0.15) is 94.0 Å². The molecule has 53 heavy (non-hydrogen) atoms. The van der Waals surface area contributed by atoms with Gasteiger partial charge in [0.15, 0.2) is 0 Å². The highest BCUT2D eigenvalue weighted by Crippen LogP contribution is 2.61. The highest BCUT2D eigenvalue weighted by molar-refractivity contribution is 5.95. The average molecular weight is 688 g/mol. The van der Waals surface area contributed by atoms with E-state index in [1.165, 1.54) is 111 Å². The number of rotatable bonds is 5. The molecule has 0 aliphatic heterocycles. The first kappa shape index (κ1) is 31.6. The maximum atomic E-state index is 2.59. The normalized spacial score (nSPS) is 24.7. The molecular weight excluding hydrogens is 639 g/mol. The van der Waals surface area contributed by atoms with E-state index in [2.05, 4.69) is 166 Å². The van der Waals surface area contributed by atoms with Crippen molar-refractivity contribution in [2.45, 2.75) is 82.5 Å². The van der Waals surface area contributed by atoms with Crippen LogP contribution in [-0.4, -0.2) is 0 Å². The third-order valence-electron chi connectivity index (χ3n) is 14.6. The summed E-state index contributed by atoms with van der Waals surface area (Å²) in [6, 6.07) is 51.3. The molecule has 0 heterocycles. The fourth-order valence-corrected chi connectivity index (χ4v) is 12.6. The smallest absolute Gasteiger partial charge is 0.0540 e. The Kier molecular flexibility index (Phi) is 6.61. The standard InChI is InChI=1S/C52H49N/c1-50(2)44-16-8-5-13-40(44)42-25-24-38(29-46(42)50)53(48-19-11-15-43-41-14-6-9-17-45(41)51(3,4)49(43)48)47-18-10-7-12-39(47)36-20-22-37(23-21-36)52-30-33-26-34(31-52)28-35(27-33)32-52/h5-25,29,33-35H,26-28,30-32H2,1-4H3. The highest BCUT2D eigenvalue weighted by Gasteiger charge is 2.51. The fourth-order valence-electron chi connectivity index (χ4n) is 12.6. The van der Waals surface area contributed by atoms with Crippen molar-refractivity contribution in [3.05, 3.63) is 161 Å². The van der Waals surface area contributed by atoms with Crippen molar-refractivity contribution in [1.82, 2.24) is 0 Å². The fraction of sp³-hybridized carbons (Fsp3) is 0.308. The van der Waals surface area contributed by atoms with Crippen molar-refractivity contribution in [2.75, 3.05) is 4.90 Å². The Morgan fingerprint density at radius 3 is 1.66 bits per heavy atom. The van der Waals surface area contributed by atoms with E-state index in [-0.39, 0.29) is 10.8 Å². The van der Waals surface area contributed by atoms with Crippen molar-refractivity contribution in [2.24, 2.45) is 17.8 Å². The van der Waals surface area contributed by atoms with Gasteiger partial charge in [0.2, 0.25) is 0 Å². The second-order valence-electron chi connectivity index (χ2n) is 18.4. The number of anilines is 3. The monoisotopic (exact) mass is 687 g/mol. The molecule has 6 aromatic rings. The van der Waals surface area contributed by atoms with Crippen LogP contribution in [0.2, 0.25) is 0 Å². The Labute approximate surface area is 315 Å². The molecule has 1 nitrogen and oxygen atoms in total. The Balaban J connectivity index is 1.09. The average Bonchev–Trinajstić information content (AvgIpc) is 3.55. The first-order valence-electron chi connectivity index (χ1n) is 20.2. The number of fused-ring (bicyclic) bond motifs is 6. The molecule has 0 aromatic heterocycles. The second kappa shape index (κ2) is 11.1. The van der Waals surface area contributed by atoms with Gasteiger partial charge in [0, 0.05) is 22.1 Å². The second-order valence-corrected chi connectivity index (χ2v) is 18.4. The third-order valence-corrected chi connectivity index (χ3v) is 14.6. The summed E-state index contributed by atoms with van der Waals surface area (Å²) in [5.74, 6) is 2.84. The summed E-state index contributed by atoms with van der Waals surface area (Å²) in [7, 11) is 0. The van der Waals surface area contributed by atoms with Gasteiger partial charge in [0.25, 0.3) is 0 Å². The molecule has 6 aliphatic rings. The molecule has 0 saturated heterocycles. The molecule has 4 saturated carbocycles. The quantitative estimate of drug-likeness (QED) is 0.174. The Morgan fingerprint density at radius 2 is 0.981 bits per heavy atom. The zero-order valence-electron chi connectivity index (χ0n) is 31.6. The molecule has 4 fully saturated rings. The molecule has 0 amide bonds. The summed E-state index contributed by atoms with van der Waals surface area (Å²) in [5.41, 5.74) is 19.1. The van der Waals surface area contributed by atoms with Crippen molar-refractivity contribution >= 4 is 17.1 Å². The molecule has 0 radical (unpaired) electrons. The lowest BCUT2D eigenvalue weighted by Gasteiger charge is -2.57. The van der Waals surface area contributed by atoms with Crippen molar-refractivity contribution < 1.29 is 0 Å². The van der Waals surface area contributed by atoms with Gasteiger partial charge in [-0.25, -0.2) is 0 Å². The first-order chi connectivity index (χ1) is 25.7. The molecule has 0 atom stereocenters. The Morgan fingerprint density at radius 1 is 0.453 bits per heavy atom. The molecule has 6 aromatic carbocycles. The van der Waals surface area contributed by atoms with Crippen LogP contribution in [0, 0.1) is 17.8 Å². The van der Waals surface area contributed by atoms with Gasteiger partial charge in [-0.15, -0.1) is 0 Å². The molecule has 4 bridgehead atoms. The zero-order valence-corrected chi connectivity index (χ0v) is 31.6. The van der Waals surface area contributed by atoms with Gasteiger partial charge < -0.3 is 4.90 Å². The number of nitrogens with zero attached hydrogens (tertiary/aromatic N) is 1. The minimum atomic E-state index is -0.151. The van der Waals surface area contributed by atoms with Gasteiger partial charge in [-0.1, -0.05) is 137 Å². The maximum Gasteiger partial charge on any atom is 0.0540 e. The lowest BCUT2D eigenvalue weighted by Crippen LogP contribution is -2.48. The number of hydrogen-bond donors (Lipinski definition) is 0. The van der Waals surface area contributed by atoms with Crippen LogP contribution in [0.15, 0.2) is 133 Å². The van der Waals surface area contributed by atoms with Crippen LogP contribution in [0.5, 0.6) is 0 Å². The van der Waals surface area contributed by atoms with Crippen molar-refractivity contribution in [3.8, 4) is 33.4 Å². The van der Waals surface area contributed by atoms with Crippen LogP contribution < -0.4 is 4.90 Å². The van der Waals surface area contributed by atoms with Crippen molar-refractivity contribution in [1.29, 1.82) is 0 Å². The number of para-hydroxylation sites is 1. The largest absolute Gasteiger partial charge is 0.310 e. The summed E-state index contributed by atoms with van der Waals surface area (Å²) in [4.78, 5) is 2.59. The maximum absolute atomic E-state index is 2.59. The van der Waals surface area contributed by atoms with Crippen LogP contribution >= 0.6 is 0 Å². The van der Waals surface area contributed by atoms with Gasteiger partial charge in [0.1, 0.15) is 0 Å². The van der Waals surface area contributed by atoms with Gasteiger partial charge in [0.05, 0.1) is 11.4 Å². The van der Waals surface area contributed by atoms with Gasteiger partial charge >= 0.3 is 0 Å². The molecule has 6 aliphatic carbocycles. The SMILES string of the molecule is CC1(C)c2ccccc2-c2ccc(N(c3ccccc3-c3ccc(C45CC6CC(CC(C6)C4)C5)cc3)c3cccc4c3C(C)(C)c3ccccc3-4)cc21. The zero-order chi connectivity index (χ0) is 35.7. The molecule has 0 spiro atoms. The van der Waals surface area contributed by atoms with E-state index in [1.807, 2.05) is 0 Å². The third kappa shape index (κ3) is 4.49. The number of benzene rings is 6. The van der Waals surface area contributed by atoms with E-state index in [4.69, 9.17) is 0 Å². The molecule has 0 N–H and O–H groups in total. The lowest BCUT2D eigenvalue weighted by molar-refractivity contribution is -0.00518. The van der Waals surface area contributed by atoms with Crippen LogP contribution in [0.3, 0.4) is 0 Å². The lowest BCUT2D eigenvalue weighted by atomic mass is 9.48. The van der Waals surface area contributed by atoms with E-state index in [9.17, 15) is 0 Å². The molecule has 12 rings (SSSR count). The van der Waals surface area contributed by atoms with E-state index in [0.717, 1.165) is 17.8 Å². The predicted molar refractivity (Wildman–Crippen MR) is 222 cm³/mol.